The molecule has 1 atom stereocenters. The molecule has 0 saturated carbocycles. The molecule has 68 valence electrons. The van der Waals surface area contributed by atoms with Crippen LogP contribution in [-0.2, 0) is 6.54 Å². The van der Waals surface area contributed by atoms with Crippen molar-refractivity contribution in [2.45, 2.75) is 32.9 Å². The van der Waals surface area contributed by atoms with Crippen LogP contribution in [0, 0.1) is 0 Å². The Morgan fingerprint density at radius 1 is 1.58 bits per heavy atom. The van der Waals surface area contributed by atoms with E-state index in [2.05, 4.69) is 24.3 Å². The molecule has 3 nitrogen and oxygen atoms in total. The summed E-state index contributed by atoms with van der Waals surface area (Å²) in [4.78, 5) is 0. The predicted octanol–water partition coefficient (Wildman–Crippen LogP) is 1.27. The van der Waals surface area contributed by atoms with Gasteiger partial charge in [-0.3, -0.25) is 4.68 Å². The van der Waals surface area contributed by atoms with Crippen molar-refractivity contribution in [2.24, 2.45) is 0 Å². The maximum atomic E-state index is 4.12. The van der Waals surface area contributed by atoms with Gasteiger partial charge in [-0.05, 0) is 19.4 Å². The zero-order valence-electron chi connectivity index (χ0n) is 7.83. The minimum atomic E-state index is 0.612. The smallest absolute Gasteiger partial charge is 0.0534 e. The Bertz CT molecular complexity index is 194. The van der Waals surface area contributed by atoms with Crippen LogP contribution < -0.4 is 5.32 Å². The molecule has 1 aromatic rings. The van der Waals surface area contributed by atoms with Crippen LogP contribution in [0.25, 0.3) is 0 Å². The molecule has 1 heterocycles. The first-order valence-corrected chi connectivity index (χ1v) is 4.53. The number of aromatic nitrogens is 2. The highest BCUT2D eigenvalue weighted by Crippen LogP contribution is 1.88. The number of nitrogens with one attached hydrogen (secondary N) is 1. The van der Waals surface area contributed by atoms with Crippen molar-refractivity contribution in [3.63, 3.8) is 0 Å². The van der Waals surface area contributed by atoms with Crippen molar-refractivity contribution in [1.29, 1.82) is 0 Å². The zero-order valence-corrected chi connectivity index (χ0v) is 7.83. The molecule has 1 unspecified atom stereocenters. The highest BCUT2D eigenvalue weighted by atomic mass is 15.3. The van der Waals surface area contributed by atoms with Gasteiger partial charge in [-0.2, -0.15) is 5.10 Å². The molecule has 1 aromatic heterocycles. The zero-order chi connectivity index (χ0) is 8.81. The summed E-state index contributed by atoms with van der Waals surface area (Å²) >= 11 is 0. The summed E-state index contributed by atoms with van der Waals surface area (Å²) < 4.78 is 1.94. The lowest BCUT2D eigenvalue weighted by Crippen LogP contribution is -2.28. The van der Waals surface area contributed by atoms with Crippen LogP contribution >= 0.6 is 0 Å². The van der Waals surface area contributed by atoms with Gasteiger partial charge in [0.2, 0.25) is 0 Å². The van der Waals surface area contributed by atoms with E-state index in [1.165, 1.54) is 6.42 Å². The fourth-order valence-electron chi connectivity index (χ4n) is 1.00. The molecule has 0 aliphatic carbocycles. The topological polar surface area (TPSA) is 29.9 Å². The van der Waals surface area contributed by atoms with Crippen LogP contribution in [0.15, 0.2) is 18.5 Å². The molecule has 12 heavy (non-hydrogen) atoms. The standard InChI is InChI=1S/C9H17N3/c1-3-9(2)10-6-8-12-7-4-5-11-12/h4-5,7,9-10H,3,6,8H2,1-2H3. The molecule has 0 aliphatic rings. The van der Waals surface area contributed by atoms with Gasteiger partial charge in [0.25, 0.3) is 0 Å². The summed E-state index contributed by atoms with van der Waals surface area (Å²) in [6, 6.07) is 2.56. The molecular formula is C9H17N3. The Hall–Kier alpha value is -0.830. The van der Waals surface area contributed by atoms with Gasteiger partial charge in [-0.25, -0.2) is 0 Å². The third-order valence-electron chi connectivity index (χ3n) is 2.01. The maximum Gasteiger partial charge on any atom is 0.0534 e. The van der Waals surface area contributed by atoms with Crippen LogP contribution in [0.5, 0.6) is 0 Å². The minimum absolute atomic E-state index is 0.612. The highest BCUT2D eigenvalue weighted by Gasteiger charge is 1.95. The Morgan fingerprint density at radius 3 is 3.00 bits per heavy atom. The average Bonchev–Trinajstić information content (AvgIpc) is 2.57. The molecule has 0 spiro atoms. The van der Waals surface area contributed by atoms with E-state index in [0.717, 1.165) is 13.1 Å². The molecule has 0 saturated heterocycles. The monoisotopic (exact) mass is 167 g/mol. The fraction of sp³-hybridized carbons (Fsp3) is 0.667. The largest absolute Gasteiger partial charge is 0.312 e. The minimum Gasteiger partial charge on any atom is -0.312 e. The second-order valence-electron chi connectivity index (χ2n) is 3.03. The molecule has 0 fully saturated rings. The molecular weight excluding hydrogens is 150 g/mol. The highest BCUT2D eigenvalue weighted by molar-refractivity contribution is 4.77. The van der Waals surface area contributed by atoms with E-state index in [1.54, 1.807) is 0 Å². The van der Waals surface area contributed by atoms with Gasteiger partial charge < -0.3 is 5.32 Å². The molecule has 1 N–H and O–H groups in total. The van der Waals surface area contributed by atoms with E-state index in [1.807, 2.05) is 23.1 Å². The predicted molar refractivity (Wildman–Crippen MR) is 50.0 cm³/mol. The molecule has 0 aromatic carbocycles. The Balaban J connectivity index is 2.11. The second-order valence-corrected chi connectivity index (χ2v) is 3.03. The van der Waals surface area contributed by atoms with Crippen molar-refractivity contribution in [1.82, 2.24) is 15.1 Å². The van der Waals surface area contributed by atoms with E-state index in [9.17, 15) is 0 Å². The number of hydrogen-bond acceptors (Lipinski definition) is 2. The molecule has 0 bridgehead atoms. The lowest BCUT2D eigenvalue weighted by Gasteiger charge is -2.10. The van der Waals surface area contributed by atoms with Gasteiger partial charge in [-0.15, -0.1) is 0 Å². The summed E-state index contributed by atoms with van der Waals surface area (Å²) in [6.45, 7) is 6.34. The summed E-state index contributed by atoms with van der Waals surface area (Å²) in [5.41, 5.74) is 0. The van der Waals surface area contributed by atoms with Crippen LogP contribution in [-0.4, -0.2) is 22.4 Å². The molecule has 0 amide bonds. The summed E-state index contributed by atoms with van der Waals surface area (Å²) in [7, 11) is 0. The molecule has 3 heteroatoms. The third-order valence-corrected chi connectivity index (χ3v) is 2.01. The van der Waals surface area contributed by atoms with Crippen LogP contribution in [0.4, 0.5) is 0 Å². The van der Waals surface area contributed by atoms with Gasteiger partial charge in [0.15, 0.2) is 0 Å². The van der Waals surface area contributed by atoms with Crippen molar-refractivity contribution in [3.8, 4) is 0 Å². The Kier molecular flexibility index (Phi) is 3.80. The fourth-order valence-corrected chi connectivity index (χ4v) is 1.00. The quantitative estimate of drug-likeness (QED) is 0.715. The number of hydrogen-bond donors (Lipinski definition) is 1. The number of nitrogens with zero attached hydrogens (tertiary/aromatic N) is 2. The normalized spacial score (nSPS) is 13.2. The first-order chi connectivity index (χ1) is 5.83. The summed E-state index contributed by atoms with van der Waals surface area (Å²) in [6.07, 6.45) is 4.97. The van der Waals surface area contributed by atoms with Crippen LogP contribution in [0.1, 0.15) is 20.3 Å². The second kappa shape index (κ2) is 4.93. The summed E-state index contributed by atoms with van der Waals surface area (Å²) in [5, 5.41) is 7.53. The Labute approximate surface area is 73.8 Å². The van der Waals surface area contributed by atoms with Crippen molar-refractivity contribution < 1.29 is 0 Å². The van der Waals surface area contributed by atoms with E-state index in [-0.39, 0.29) is 0 Å². The first-order valence-electron chi connectivity index (χ1n) is 4.53. The van der Waals surface area contributed by atoms with Crippen LogP contribution in [0.3, 0.4) is 0 Å². The van der Waals surface area contributed by atoms with Gasteiger partial charge >= 0.3 is 0 Å². The molecule has 0 aliphatic heterocycles. The van der Waals surface area contributed by atoms with Crippen LogP contribution in [0.2, 0.25) is 0 Å². The SMILES string of the molecule is CCC(C)NCCn1cccn1. The van der Waals surface area contributed by atoms with E-state index in [4.69, 9.17) is 0 Å². The first kappa shape index (κ1) is 9.26. The van der Waals surface area contributed by atoms with Crippen molar-refractivity contribution in [3.05, 3.63) is 18.5 Å². The van der Waals surface area contributed by atoms with Crippen molar-refractivity contribution in [2.75, 3.05) is 6.54 Å². The maximum absolute atomic E-state index is 4.12. The van der Waals surface area contributed by atoms with Gasteiger partial charge in [0.1, 0.15) is 0 Å². The van der Waals surface area contributed by atoms with E-state index < -0.39 is 0 Å². The van der Waals surface area contributed by atoms with Crippen molar-refractivity contribution >= 4 is 0 Å². The Morgan fingerprint density at radius 2 is 2.42 bits per heavy atom. The van der Waals surface area contributed by atoms with E-state index >= 15 is 0 Å². The van der Waals surface area contributed by atoms with Gasteiger partial charge in [-0.1, -0.05) is 6.92 Å². The van der Waals surface area contributed by atoms with E-state index in [0.29, 0.717) is 6.04 Å². The lowest BCUT2D eigenvalue weighted by atomic mass is 10.3. The van der Waals surface area contributed by atoms with Gasteiger partial charge in [0, 0.05) is 25.0 Å². The third kappa shape index (κ3) is 3.05. The summed E-state index contributed by atoms with van der Waals surface area (Å²) in [5.74, 6) is 0. The average molecular weight is 167 g/mol. The lowest BCUT2D eigenvalue weighted by molar-refractivity contribution is 0.487. The van der Waals surface area contributed by atoms with Gasteiger partial charge in [0.05, 0.1) is 6.54 Å². The number of rotatable bonds is 5. The molecule has 0 radical (unpaired) electrons. The molecule has 1 rings (SSSR count).